The largest absolute Gasteiger partial charge is 0.489 e. The highest BCUT2D eigenvalue weighted by Crippen LogP contribution is 2.26. The molecule has 25 heavy (non-hydrogen) atoms. The summed E-state index contributed by atoms with van der Waals surface area (Å²) in [7, 11) is 0. The highest BCUT2D eigenvalue weighted by molar-refractivity contribution is 6.04. The van der Waals surface area contributed by atoms with E-state index in [1.165, 1.54) is 25.7 Å². The molecule has 1 aliphatic carbocycles. The summed E-state index contributed by atoms with van der Waals surface area (Å²) in [5.41, 5.74) is 1.98. The fourth-order valence-electron chi connectivity index (χ4n) is 3.06. The van der Waals surface area contributed by atoms with Crippen molar-refractivity contribution in [1.29, 1.82) is 0 Å². The smallest absolute Gasteiger partial charge is 0.274 e. The van der Waals surface area contributed by atoms with Gasteiger partial charge in [-0.25, -0.2) is 0 Å². The zero-order valence-corrected chi connectivity index (χ0v) is 14.8. The molecule has 0 spiro atoms. The van der Waals surface area contributed by atoms with Crippen LogP contribution >= 0.6 is 0 Å². The molecule has 0 saturated heterocycles. The molecule has 1 heterocycles. The maximum absolute atomic E-state index is 12.6. The zero-order valence-electron chi connectivity index (χ0n) is 14.8. The van der Waals surface area contributed by atoms with Crippen molar-refractivity contribution in [2.24, 2.45) is 0 Å². The van der Waals surface area contributed by atoms with Crippen LogP contribution in [0, 0.1) is 0 Å². The van der Waals surface area contributed by atoms with Gasteiger partial charge in [-0.1, -0.05) is 25.0 Å². The molecule has 5 nitrogen and oxygen atoms in total. The van der Waals surface area contributed by atoms with Gasteiger partial charge in [0.1, 0.15) is 11.4 Å². The number of rotatable bonds is 6. The maximum atomic E-state index is 12.6. The first-order chi connectivity index (χ1) is 12.1. The van der Waals surface area contributed by atoms with Crippen LogP contribution in [0.15, 0.2) is 42.6 Å². The van der Waals surface area contributed by atoms with Gasteiger partial charge in [-0.15, -0.1) is 0 Å². The Balaban J connectivity index is 1.71. The first-order valence-corrected chi connectivity index (χ1v) is 8.91. The minimum Gasteiger partial charge on any atom is -0.489 e. The van der Waals surface area contributed by atoms with Crippen molar-refractivity contribution in [2.45, 2.75) is 51.7 Å². The molecule has 0 aliphatic heterocycles. The molecule has 0 atom stereocenters. The second-order valence-corrected chi connectivity index (χ2v) is 6.67. The Hall–Kier alpha value is -2.56. The number of hydrogen-bond donors (Lipinski definition) is 2. The summed E-state index contributed by atoms with van der Waals surface area (Å²) in [5, 5.41) is 6.39. The van der Waals surface area contributed by atoms with Crippen LogP contribution in [0.5, 0.6) is 5.75 Å². The third kappa shape index (κ3) is 4.72. The number of aromatic nitrogens is 1. The molecule has 5 heteroatoms. The van der Waals surface area contributed by atoms with Crippen LogP contribution in [0.1, 0.15) is 50.0 Å². The van der Waals surface area contributed by atoms with Gasteiger partial charge in [-0.05, 0) is 51.0 Å². The number of anilines is 2. The number of pyridine rings is 1. The molecule has 1 saturated carbocycles. The lowest BCUT2D eigenvalue weighted by molar-refractivity contribution is 0.102. The van der Waals surface area contributed by atoms with Gasteiger partial charge < -0.3 is 15.4 Å². The Kier molecular flexibility index (Phi) is 5.53. The standard InChI is InChI=1S/C20H25N3O2/c1-14(2)25-19-10-6-5-9-17(19)23-20(24)18-13-16(11-12-21-18)22-15-7-3-4-8-15/h5-6,9-15H,3-4,7-8H2,1-2H3,(H,21,22)(H,23,24). The van der Waals surface area contributed by atoms with Gasteiger partial charge >= 0.3 is 0 Å². The summed E-state index contributed by atoms with van der Waals surface area (Å²) in [6.07, 6.45) is 6.61. The van der Waals surface area contributed by atoms with Crippen LogP contribution < -0.4 is 15.4 Å². The van der Waals surface area contributed by atoms with Crippen molar-refractivity contribution >= 4 is 17.3 Å². The van der Waals surface area contributed by atoms with E-state index in [1.807, 2.05) is 44.2 Å². The summed E-state index contributed by atoms with van der Waals surface area (Å²) in [4.78, 5) is 16.8. The lowest BCUT2D eigenvalue weighted by Gasteiger charge is -2.15. The fourth-order valence-corrected chi connectivity index (χ4v) is 3.06. The molecule has 1 fully saturated rings. The lowest BCUT2D eigenvalue weighted by atomic mass is 10.2. The van der Waals surface area contributed by atoms with E-state index in [-0.39, 0.29) is 12.0 Å². The molecular weight excluding hydrogens is 314 g/mol. The Labute approximate surface area is 148 Å². The highest BCUT2D eigenvalue weighted by atomic mass is 16.5. The summed E-state index contributed by atoms with van der Waals surface area (Å²) < 4.78 is 5.75. The Morgan fingerprint density at radius 1 is 1.20 bits per heavy atom. The second kappa shape index (κ2) is 8.01. The monoisotopic (exact) mass is 339 g/mol. The van der Waals surface area contributed by atoms with Gasteiger partial charge in [-0.2, -0.15) is 0 Å². The number of amides is 1. The predicted molar refractivity (Wildman–Crippen MR) is 100 cm³/mol. The summed E-state index contributed by atoms with van der Waals surface area (Å²) in [5.74, 6) is 0.418. The van der Waals surface area contributed by atoms with E-state index in [4.69, 9.17) is 4.74 Å². The van der Waals surface area contributed by atoms with Crippen LogP contribution in [-0.4, -0.2) is 23.0 Å². The third-order valence-corrected chi connectivity index (χ3v) is 4.22. The molecule has 2 N–H and O–H groups in total. The summed E-state index contributed by atoms with van der Waals surface area (Å²) >= 11 is 0. The normalized spacial score (nSPS) is 14.5. The van der Waals surface area contributed by atoms with E-state index in [2.05, 4.69) is 15.6 Å². The number of hydrogen-bond acceptors (Lipinski definition) is 4. The molecule has 1 amide bonds. The molecule has 2 aromatic rings. The van der Waals surface area contributed by atoms with E-state index in [9.17, 15) is 4.79 Å². The number of nitrogens with one attached hydrogen (secondary N) is 2. The average Bonchev–Trinajstić information content (AvgIpc) is 3.09. The van der Waals surface area contributed by atoms with Gasteiger partial charge in [0.05, 0.1) is 11.8 Å². The van der Waals surface area contributed by atoms with Crippen molar-refractivity contribution < 1.29 is 9.53 Å². The quantitative estimate of drug-likeness (QED) is 0.815. The number of para-hydroxylation sites is 2. The Morgan fingerprint density at radius 3 is 2.72 bits per heavy atom. The molecule has 1 aromatic heterocycles. The van der Waals surface area contributed by atoms with Crippen LogP contribution in [0.3, 0.4) is 0 Å². The average molecular weight is 339 g/mol. The van der Waals surface area contributed by atoms with E-state index in [0.29, 0.717) is 23.2 Å². The third-order valence-electron chi connectivity index (χ3n) is 4.22. The number of benzene rings is 1. The minimum atomic E-state index is -0.241. The van der Waals surface area contributed by atoms with Gasteiger partial charge in [0.15, 0.2) is 0 Å². The zero-order chi connectivity index (χ0) is 17.6. The van der Waals surface area contributed by atoms with Gasteiger partial charge in [-0.3, -0.25) is 9.78 Å². The first-order valence-electron chi connectivity index (χ1n) is 8.91. The van der Waals surface area contributed by atoms with Crippen LogP contribution in [0.4, 0.5) is 11.4 Å². The molecule has 0 bridgehead atoms. The predicted octanol–water partition coefficient (Wildman–Crippen LogP) is 4.48. The van der Waals surface area contributed by atoms with E-state index in [0.717, 1.165) is 5.69 Å². The Bertz CT molecular complexity index is 724. The maximum Gasteiger partial charge on any atom is 0.274 e. The first kappa shape index (κ1) is 17.3. The topological polar surface area (TPSA) is 63.2 Å². The van der Waals surface area contributed by atoms with Crippen molar-refractivity contribution in [3.8, 4) is 5.75 Å². The second-order valence-electron chi connectivity index (χ2n) is 6.67. The number of ether oxygens (including phenoxy) is 1. The van der Waals surface area contributed by atoms with Crippen molar-refractivity contribution in [3.05, 3.63) is 48.3 Å². The SMILES string of the molecule is CC(C)Oc1ccccc1NC(=O)c1cc(NC2CCCC2)ccn1. The molecule has 0 radical (unpaired) electrons. The molecule has 3 rings (SSSR count). The minimum absolute atomic E-state index is 0.0371. The van der Waals surface area contributed by atoms with Gasteiger partial charge in [0, 0.05) is 17.9 Å². The van der Waals surface area contributed by atoms with Crippen LogP contribution in [-0.2, 0) is 0 Å². The summed E-state index contributed by atoms with van der Waals surface area (Å²) in [6, 6.07) is 11.6. The molecular formula is C20H25N3O2. The van der Waals surface area contributed by atoms with E-state index < -0.39 is 0 Å². The summed E-state index contributed by atoms with van der Waals surface area (Å²) in [6.45, 7) is 3.91. The molecule has 1 aliphatic rings. The van der Waals surface area contributed by atoms with Crippen LogP contribution in [0.25, 0.3) is 0 Å². The van der Waals surface area contributed by atoms with Gasteiger partial charge in [0.2, 0.25) is 0 Å². The van der Waals surface area contributed by atoms with E-state index >= 15 is 0 Å². The number of carbonyl (C=O) groups is 1. The Morgan fingerprint density at radius 2 is 1.96 bits per heavy atom. The van der Waals surface area contributed by atoms with Crippen molar-refractivity contribution in [1.82, 2.24) is 4.98 Å². The lowest BCUT2D eigenvalue weighted by Crippen LogP contribution is -2.18. The fraction of sp³-hybridized carbons (Fsp3) is 0.400. The number of carbonyl (C=O) groups excluding carboxylic acids is 1. The molecule has 132 valence electrons. The van der Waals surface area contributed by atoms with E-state index in [1.54, 1.807) is 12.3 Å². The molecule has 0 unspecified atom stereocenters. The van der Waals surface area contributed by atoms with Crippen molar-refractivity contribution in [3.63, 3.8) is 0 Å². The van der Waals surface area contributed by atoms with Gasteiger partial charge in [0.25, 0.3) is 5.91 Å². The van der Waals surface area contributed by atoms with Crippen LogP contribution in [0.2, 0.25) is 0 Å². The highest BCUT2D eigenvalue weighted by Gasteiger charge is 2.16. The van der Waals surface area contributed by atoms with Crippen molar-refractivity contribution in [2.75, 3.05) is 10.6 Å². The molecule has 1 aromatic carbocycles. The number of nitrogens with zero attached hydrogens (tertiary/aromatic N) is 1.